The molecule has 0 bridgehead atoms. The van der Waals surface area contributed by atoms with Crippen LogP contribution in [-0.4, -0.2) is 17.3 Å². The first-order valence-electron chi connectivity index (χ1n) is 5.47. The lowest BCUT2D eigenvalue weighted by Gasteiger charge is -2.27. The molecule has 17 heavy (non-hydrogen) atoms. The van der Waals surface area contributed by atoms with E-state index in [0.717, 1.165) is 33.3 Å². The molecule has 6 heteroatoms. The topological polar surface area (TPSA) is 29.1 Å². The monoisotopic (exact) mass is 399 g/mol. The Kier molecular flexibility index (Phi) is 4.92. The van der Waals surface area contributed by atoms with Gasteiger partial charge in [-0.25, -0.2) is 0 Å². The minimum Gasteiger partial charge on any atom is -0.348 e. The quantitative estimate of drug-likeness (QED) is 0.724. The molecule has 0 aliphatic heterocycles. The van der Waals surface area contributed by atoms with Gasteiger partial charge in [0, 0.05) is 6.04 Å². The predicted molar refractivity (Wildman–Crippen MR) is 79.1 cm³/mol. The van der Waals surface area contributed by atoms with E-state index in [4.69, 9.17) is 11.6 Å². The molecule has 0 spiro atoms. The van der Waals surface area contributed by atoms with E-state index in [1.165, 1.54) is 11.3 Å². The number of nitrogens with one attached hydrogen (secondary N) is 1. The Balaban J connectivity index is 2.03. The van der Waals surface area contributed by atoms with Crippen molar-refractivity contribution in [2.75, 3.05) is 0 Å². The van der Waals surface area contributed by atoms with Crippen LogP contribution >= 0.6 is 54.8 Å². The van der Waals surface area contributed by atoms with Gasteiger partial charge in [0.2, 0.25) is 0 Å². The van der Waals surface area contributed by atoms with Crippen LogP contribution in [0, 0.1) is 0 Å². The fraction of sp³-hybridized carbons (Fsp3) is 0.545. The smallest absolute Gasteiger partial charge is 0.253 e. The fourth-order valence-corrected chi connectivity index (χ4v) is 5.13. The zero-order valence-electron chi connectivity index (χ0n) is 9.01. The molecule has 1 aromatic heterocycles. The van der Waals surface area contributed by atoms with E-state index < -0.39 is 0 Å². The second kappa shape index (κ2) is 6.04. The van der Waals surface area contributed by atoms with Crippen LogP contribution in [0.1, 0.15) is 36.0 Å². The third kappa shape index (κ3) is 3.46. The van der Waals surface area contributed by atoms with Crippen LogP contribution in [0.5, 0.6) is 0 Å². The van der Waals surface area contributed by atoms with Crippen molar-refractivity contribution in [1.29, 1.82) is 0 Å². The van der Waals surface area contributed by atoms with Crippen LogP contribution in [0.3, 0.4) is 0 Å². The Morgan fingerprint density at radius 2 is 2.12 bits per heavy atom. The summed E-state index contributed by atoms with van der Waals surface area (Å²) < 4.78 is 1.80. The molecular weight excluding hydrogens is 389 g/mol. The van der Waals surface area contributed by atoms with Crippen LogP contribution in [0.4, 0.5) is 0 Å². The van der Waals surface area contributed by atoms with Crippen molar-refractivity contribution in [2.24, 2.45) is 0 Å². The van der Waals surface area contributed by atoms with Crippen molar-refractivity contribution in [3.63, 3.8) is 0 Å². The van der Waals surface area contributed by atoms with Crippen molar-refractivity contribution < 1.29 is 4.79 Å². The van der Waals surface area contributed by atoms with Crippen molar-refractivity contribution in [3.05, 3.63) is 19.2 Å². The van der Waals surface area contributed by atoms with Gasteiger partial charge in [0.25, 0.3) is 5.91 Å². The van der Waals surface area contributed by atoms with Crippen molar-refractivity contribution in [3.8, 4) is 0 Å². The highest BCUT2D eigenvalue weighted by molar-refractivity contribution is 9.12. The summed E-state index contributed by atoms with van der Waals surface area (Å²) in [7, 11) is 0. The number of halogens is 3. The van der Waals surface area contributed by atoms with Gasteiger partial charge in [-0.3, -0.25) is 4.79 Å². The molecule has 2 unspecified atom stereocenters. The fourth-order valence-electron chi connectivity index (χ4n) is 1.99. The van der Waals surface area contributed by atoms with Gasteiger partial charge in [-0.1, -0.05) is 12.8 Å². The van der Waals surface area contributed by atoms with E-state index in [1.54, 1.807) is 0 Å². The number of carbonyl (C=O) groups excluding carboxylic acids is 1. The third-order valence-electron chi connectivity index (χ3n) is 2.90. The minimum absolute atomic E-state index is 0.0450. The van der Waals surface area contributed by atoms with Crippen LogP contribution in [0.2, 0.25) is 0 Å². The maximum absolute atomic E-state index is 12.1. The van der Waals surface area contributed by atoms with E-state index >= 15 is 0 Å². The SMILES string of the molecule is O=C(NC1CCCCC1Cl)c1cc(Br)sc1Br. The Labute approximate surface area is 126 Å². The highest BCUT2D eigenvalue weighted by Gasteiger charge is 2.26. The molecule has 0 radical (unpaired) electrons. The van der Waals surface area contributed by atoms with Gasteiger partial charge in [0.05, 0.1) is 18.5 Å². The number of hydrogen-bond donors (Lipinski definition) is 1. The molecule has 1 heterocycles. The van der Waals surface area contributed by atoms with Crippen LogP contribution < -0.4 is 5.32 Å². The summed E-state index contributed by atoms with van der Waals surface area (Å²) in [6.07, 6.45) is 4.26. The molecule has 1 amide bonds. The molecule has 94 valence electrons. The summed E-state index contributed by atoms with van der Waals surface area (Å²) in [5.74, 6) is -0.0450. The second-order valence-corrected chi connectivity index (χ2v) is 8.43. The Morgan fingerprint density at radius 3 is 2.71 bits per heavy atom. The lowest BCUT2D eigenvalue weighted by molar-refractivity contribution is 0.0928. The summed E-state index contributed by atoms with van der Waals surface area (Å²) in [6.45, 7) is 0. The molecule has 2 nitrogen and oxygen atoms in total. The number of rotatable bonds is 2. The standard InChI is InChI=1S/C11H12Br2ClNOS/c12-9-5-6(10(13)17-9)11(16)15-8-4-2-1-3-7(8)14/h5,7-8H,1-4H2,(H,15,16). The molecule has 1 aliphatic rings. The molecule has 1 N–H and O–H groups in total. The van der Waals surface area contributed by atoms with Gasteiger partial charge in [0.1, 0.15) is 0 Å². The van der Waals surface area contributed by atoms with Gasteiger partial charge < -0.3 is 5.32 Å². The van der Waals surface area contributed by atoms with Gasteiger partial charge >= 0.3 is 0 Å². The van der Waals surface area contributed by atoms with E-state index in [9.17, 15) is 4.79 Å². The summed E-state index contributed by atoms with van der Waals surface area (Å²) in [5, 5.41) is 3.09. The number of alkyl halides is 1. The molecule has 1 aromatic rings. The molecule has 1 aliphatic carbocycles. The summed E-state index contributed by atoms with van der Waals surface area (Å²) in [5.41, 5.74) is 0.677. The summed E-state index contributed by atoms with van der Waals surface area (Å²) in [6, 6.07) is 1.93. The Morgan fingerprint density at radius 1 is 1.41 bits per heavy atom. The van der Waals surface area contributed by atoms with Gasteiger partial charge in [-0.2, -0.15) is 0 Å². The summed E-state index contributed by atoms with van der Waals surface area (Å²) >= 11 is 14.5. The third-order valence-corrected chi connectivity index (χ3v) is 5.76. The first kappa shape index (κ1) is 13.8. The van der Waals surface area contributed by atoms with Gasteiger partial charge in [0.15, 0.2) is 0 Å². The normalized spacial score (nSPS) is 24.6. The Hall–Kier alpha value is 0.420. The molecule has 1 saturated carbocycles. The average Bonchev–Trinajstić information content (AvgIpc) is 2.61. The van der Waals surface area contributed by atoms with Crippen molar-refractivity contribution >= 4 is 60.7 Å². The van der Waals surface area contributed by atoms with Crippen molar-refractivity contribution in [1.82, 2.24) is 5.32 Å². The number of hydrogen-bond acceptors (Lipinski definition) is 2. The lowest BCUT2D eigenvalue weighted by Crippen LogP contribution is -2.42. The first-order chi connectivity index (χ1) is 8.08. The van der Waals surface area contributed by atoms with E-state index in [1.807, 2.05) is 6.07 Å². The molecule has 0 aromatic carbocycles. The lowest BCUT2D eigenvalue weighted by atomic mass is 9.95. The molecule has 2 atom stereocenters. The Bertz CT molecular complexity index is 424. The largest absolute Gasteiger partial charge is 0.348 e. The van der Waals surface area contributed by atoms with Crippen LogP contribution in [0.25, 0.3) is 0 Å². The number of carbonyl (C=O) groups is 1. The average molecular weight is 402 g/mol. The zero-order chi connectivity index (χ0) is 12.4. The van der Waals surface area contributed by atoms with E-state index in [-0.39, 0.29) is 17.3 Å². The zero-order valence-corrected chi connectivity index (χ0v) is 13.8. The molecule has 1 fully saturated rings. The summed E-state index contributed by atoms with van der Waals surface area (Å²) in [4.78, 5) is 12.1. The predicted octanol–water partition coefficient (Wildman–Crippen LogP) is 4.55. The highest BCUT2D eigenvalue weighted by atomic mass is 79.9. The van der Waals surface area contributed by atoms with Crippen molar-refractivity contribution in [2.45, 2.75) is 37.1 Å². The number of thiophene rings is 1. The highest BCUT2D eigenvalue weighted by Crippen LogP contribution is 2.32. The van der Waals surface area contributed by atoms with E-state index in [0.29, 0.717) is 5.56 Å². The molecular formula is C11H12Br2ClNOS. The van der Waals surface area contributed by atoms with Crippen LogP contribution in [-0.2, 0) is 0 Å². The van der Waals surface area contributed by atoms with Crippen LogP contribution in [0.15, 0.2) is 13.6 Å². The number of amides is 1. The van der Waals surface area contributed by atoms with Gasteiger partial charge in [-0.15, -0.1) is 22.9 Å². The second-order valence-electron chi connectivity index (χ2n) is 4.12. The molecule has 0 saturated heterocycles. The maximum Gasteiger partial charge on any atom is 0.253 e. The van der Waals surface area contributed by atoms with Gasteiger partial charge in [-0.05, 0) is 50.8 Å². The first-order valence-corrected chi connectivity index (χ1v) is 8.31. The maximum atomic E-state index is 12.1. The minimum atomic E-state index is -0.0450. The van der Waals surface area contributed by atoms with E-state index in [2.05, 4.69) is 37.2 Å². The molecule has 2 rings (SSSR count).